The van der Waals surface area contributed by atoms with Crippen LogP contribution in [0.3, 0.4) is 0 Å². The van der Waals surface area contributed by atoms with Crippen LogP contribution in [0.1, 0.15) is 11.3 Å². The number of aryl methyl sites for hydroxylation is 1. The SMILES string of the molecule is Cc1cc(Oc2nccc(/C(N)=N/O)n2)ccc1[N+](=O)[O-]. The monoisotopic (exact) mass is 289 g/mol. The van der Waals surface area contributed by atoms with Gasteiger partial charge in [-0.15, -0.1) is 0 Å². The Labute approximate surface area is 118 Å². The van der Waals surface area contributed by atoms with Crippen molar-refractivity contribution in [1.82, 2.24) is 9.97 Å². The lowest BCUT2D eigenvalue weighted by atomic mass is 10.2. The maximum absolute atomic E-state index is 10.7. The molecule has 0 radical (unpaired) electrons. The molecule has 0 aliphatic carbocycles. The Balaban J connectivity index is 2.26. The summed E-state index contributed by atoms with van der Waals surface area (Å²) in [6.45, 7) is 1.60. The molecule has 9 nitrogen and oxygen atoms in total. The van der Waals surface area contributed by atoms with Crippen LogP contribution in [-0.4, -0.2) is 25.9 Å². The molecule has 21 heavy (non-hydrogen) atoms. The first-order chi connectivity index (χ1) is 10.0. The van der Waals surface area contributed by atoms with Crippen LogP contribution in [0, 0.1) is 17.0 Å². The van der Waals surface area contributed by atoms with Gasteiger partial charge in [-0.2, -0.15) is 4.98 Å². The van der Waals surface area contributed by atoms with Crippen LogP contribution in [0.2, 0.25) is 0 Å². The minimum Gasteiger partial charge on any atom is -0.424 e. The number of nitrogens with zero attached hydrogens (tertiary/aromatic N) is 4. The zero-order valence-corrected chi connectivity index (χ0v) is 10.9. The summed E-state index contributed by atoms with van der Waals surface area (Å²) < 4.78 is 5.39. The van der Waals surface area contributed by atoms with Gasteiger partial charge in [0.05, 0.1) is 4.92 Å². The van der Waals surface area contributed by atoms with Crippen LogP contribution < -0.4 is 10.5 Å². The summed E-state index contributed by atoms with van der Waals surface area (Å²) in [5, 5.41) is 22.1. The van der Waals surface area contributed by atoms with E-state index in [4.69, 9.17) is 15.7 Å². The Kier molecular flexibility index (Phi) is 3.93. The molecule has 1 aromatic heterocycles. The standard InChI is InChI=1S/C12H11N5O4/c1-7-6-8(2-3-10(7)17(19)20)21-12-14-5-4-9(15-12)11(13)16-18/h2-6,18H,1H3,(H2,13,16). The van der Waals surface area contributed by atoms with Crippen LogP contribution in [0.4, 0.5) is 5.69 Å². The van der Waals surface area contributed by atoms with Gasteiger partial charge in [-0.25, -0.2) is 4.98 Å². The third kappa shape index (κ3) is 3.21. The number of nitro groups is 1. The lowest BCUT2D eigenvalue weighted by Gasteiger charge is -2.06. The van der Waals surface area contributed by atoms with Crippen LogP contribution in [0.15, 0.2) is 35.6 Å². The maximum Gasteiger partial charge on any atom is 0.322 e. The summed E-state index contributed by atoms with van der Waals surface area (Å²) >= 11 is 0. The van der Waals surface area contributed by atoms with Crippen molar-refractivity contribution in [3.05, 3.63) is 51.8 Å². The largest absolute Gasteiger partial charge is 0.424 e. The fraction of sp³-hybridized carbons (Fsp3) is 0.0833. The van der Waals surface area contributed by atoms with E-state index in [0.717, 1.165) is 0 Å². The molecule has 0 atom stereocenters. The number of ether oxygens (including phenoxy) is 1. The van der Waals surface area contributed by atoms with Crippen LogP contribution >= 0.6 is 0 Å². The molecule has 0 fully saturated rings. The van der Waals surface area contributed by atoms with Gasteiger partial charge in [-0.05, 0) is 25.1 Å². The topological polar surface area (TPSA) is 137 Å². The summed E-state index contributed by atoms with van der Waals surface area (Å²) in [6.07, 6.45) is 1.38. The molecule has 0 saturated heterocycles. The van der Waals surface area contributed by atoms with Crippen molar-refractivity contribution in [3.8, 4) is 11.8 Å². The first kappa shape index (κ1) is 14.2. The van der Waals surface area contributed by atoms with Crippen LogP contribution in [-0.2, 0) is 0 Å². The van der Waals surface area contributed by atoms with Gasteiger partial charge in [0.2, 0.25) is 0 Å². The van der Waals surface area contributed by atoms with E-state index in [1.54, 1.807) is 6.92 Å². The highest BCUT2D eigenvalue weighted by Crippen LogP contribution is 2.25. The number of nitro benzene ring substituents is 1. The summed E-state index contributed by atoms with van der Waals surface area (Å²) in [6, 6.07) is 5.69. The van der Waals surface area contributed by atoms with Gasteiger partial charge in [0, 0.05) is 17.8 Å². The average molecular weight is 289 g/mol. The number of hydrogen-bond donors (Lipinski definition) is 2. The molecule has 0 amide bonds. The summed E-state index contributed by atoms with van der Waals surface area (Å²) in [4.78, 5) is 18.1. The Hall–Kier alpha value is -3.23. The van der Waals surface area contributed by atoms with Crippen molar-refractivity contribution in [1.29, 1.82) is 0 Å². The van der Waals surface area contributed by atoms with E-state index in [1.807, 2.05) is 0 Å². The van der Waals surface area contributed by atoms with Gasteiger partial charge in [0.25, 0.3) is 5.69 Å². The molecular formula is C12H11N5O4. The molecular weight excluding hydrogens is 278 g/mol. The molecule has 2 aromatic rings. The number of rotatable bonds is 4. The van der Waals surface area contributed by atoms with E-state index in [9.17, 15) is 10.1 Å². The van der Waals surface area contributed by atoms with Crippen molar-refractivity contribution in [2.24, 2.45) is 10.9 Å². The van der Waals surface area contributed by atoms with E-state index >= 15 is 0 Å². The van der Waals surface area contributed by atoms with Crippen molar-refractivity contribution in [2.75, 3.05) is 0 Å². The molecule has 0 bridgehead atoms. The fourth-order valence-corrected chi connectivity index (χ4v) is 1.59. The van der Waals surface area contributed by atoms with E-state index in [2.05, 4.69) is 15.1 Å². The third-order valence-corrected chi connectivity index (χ3v) is 2.58. The molecule has 1 heterocycles. The van der Waals surface area contributed by atoms with E-state index in [1.165, 1.54) is 30.5 Å². The van der Waals surface area contributed by atoms with E-state index in [-0.39, 0.29) is 23.2 Å². The Morgan fingerprint density at radius 1 is 1.48 bits per heavy atom. The van der Waals surface area contributed by atoms with E-state index < -0.39 is 4.92 Å². The molecule has 2 rings (SSSR count). The molecule has 0 saturated carbocycles. The van der Waals surface area contributed by atoms with Crippen LogP contribution in [0.25, 0.3) is 0 Å². The van der Waals surface area contributed by atoms with Gasteiger partial charge in [-0.3, -0.25) is 10.1 Å². The first-order valence-corrected chi connectivity index (χ1v) is 5.75. The number of aromatic nitrogens is 2. The van der Waals surface area contributed by atoms with Crippen molar-refractivity contribution in [3.63, 3.8) is 0 Å². The second-order valence-corrected chi connectivity index (χ2v) is 4.02. The molecule has 0 unspecified atom stereocenters. The zero-order valence-electron chi connectivity index (χ0n) is 10.9. The molecule has 0 spiro atoms. The molecule has 108 valence electrons. The van der Waals surface area contributed by atoms with Gasteiger partial charge in [0.15, 0.2) is 5.84 Å². The molecule has 0 aliphatic rings. The molecule has 0 aliphatic heterocycles. The number of hydrogen-bond acceptors (Lipinski definition) is 7. The lowest BCUT2D eigenvalue weighted by molar-refractivity contribution is -0.385. The number of benzene rings is 1. The normalized spacial score (nSPS) is 11.2. The molecule has 9 heteroatoms. The number of nitrogens with two attached hydrogens (primary N) is 1. The summed E-state index contributed by atoms with van der Waals surface area (Å²) in [7, 11) is 0. The highest BCUT2D eigenvalue weighted by atomic mass is 16.6. The molecule has 1 aromatic carbocycles. The number of amidine groups is 1. The minimum absolute atomic E-state index is 0.00585. The second kappa shape index (κ2) is 5.82. The number of oxime groups is 1. The van der Waals surface area contributed by atoms with Crippen molar-refractivity contribution >= 4 is 11.5 Å². The minimum atomic E-state index is -0.478. The Morgan fingerprint density at radius 2 is 2.24 bits per heavy atom. The summed E-state index contributed by atoms with van der Waals surface area (Å²) in [5.41, 5.74) is 6.05. The third-order valence-electron chi connectivity index (χ3n) is 2.58. The quantitative estimate of drug-likeness (QED) is 0.286. The second-order valence-electron chi connectivity index (χ2n) is 4.02. The predicted octanol–water partition coefficient (Wildman–Crippen LogP) is 1.58. The van der Waals surface area contributed by atoms with Gasteiger partial charge < -0.3 is 15.7 Å². The molecule has 3 N–H and O–H groups in total. The fourth-order valence-electron chi connectivity index (χ4n) is 1.59. The smallest absolute Gasteiger partial charge is 0.322 e. The highest BCUT2D eigenvalue weighted by Gasteiger charge is 2.12. The van der Waals surface area contributed by atoms with Gasteiger partial charge >= 0.3 is 6.01 Å². The lowest BCUT2D eigenvalue weighted by Crippen LogP contribution is -2.15. The predicted molar refractivity (Wildman–Crippen MR) is 72.5 cm³/mol. The summed E-state index contributed by atoms with van der Waals surface area (Å²) in [5.74, 6) is 0.164. The maximum atomic E-state index is 10.7. The Morgan fingerprint density at radius 3 is 2.86 bits per heavy atom. The zero-order chi connectivity index (χ0) is 15.4. The van der Waals surface area contributed by atoms with Crippen molar-refractivity contribution < 1.29 is 14.9 Å². The van der Waals surface area contributed by atoms with E-state index in [0.29, 0.717) is 11.3 Å². The van der Waals surface area contributed by atoms with Gasteiger partial charge in [0.1, 0.15) is 11.4 Å². The van der Waals surface area contributed by atoms with Gasteiger partial charge in [-0.1, -0.05) is 5.16 Å². The van der Waals surface area contributed by atoms with Crippen molar-refractivity contribution in [2.45, 2.75) is 6.92 Å². The average Bonchev–Trinajstić information content (AvgIpc) is 2.46. The first-order valence-electron chi connectivity index (χ1n) is 5.75. The Bertz CT molecular complexity index is 717. The highest BCUT2D eigenvalue weighted by molar-refractivity contribution is 5.95. The van der Waals surface area contributed by atoms with Crippen LogP contribution in [0.5, 0.6) is 11.8 Å².